The van der Waals surface area contributed by atoms with Crippen molar-refractivity contribution in [2.75, 3.05) is 6.54 Å². The van der Waals surface area contributed by atoms with Crippen molar-refractivity contribution in [1.29, 1.82) is 0 Å². The van der Waals surface area contributed by atoms with Crippen LogP contribution in [0.1, 0.15) is 15.7 Å². The molecule has 7 heteroatoms. The number of aromatic nitrogens is 4. The van der Waals surface area contributed by atoms with E-state index in [-0.39, 0.29) is 5.25 Å². The number of para-hydroxylation sites is 1. The largest absolute Gasteiger partial charge is 0.329 e. The third kappa shape index (κ3) is 2.99. The summed E-state index contributed by atoms with van der Waals surface area (Å²) in [4.78, 5) is 1.28. The van der Waals surface area contributed by atoms with Crippen LogP contribution in [0.5, 0.6) is 0 Å². The van der Waals surface area contributed by atoms with E-state index >= 15 is 0 Å². The van der Waals surface area contributed by atoms with Gasteiger partial charge in [0.2, 0.25) is 5.16 Å². The van der Waals surface area contributed by atoms with E-state index in [0.717, 1.165) is 10.8 Å². The van der Waals surface area contributed by atoms with Gasteiger partial charge in [0.05, 0.1) is 10.9 Å². The molecule has 0 aliphatic heterocycles. The monoisotopic (exact) mass is 317 g/mol. The standard InChI is InChI=1S/C14H15N5S2/c1-10-7-8-20-13(10)12(9-15)21-14-16-17-18-19(14)11-5-3-2-4-6-11/h2-8,12H,9,15H2,1H3. The van der Waals surface area contributed by atoms with Crippen LogP contribution in [0.4, 0.5) is 0 Å². The van der Waals surface area contributed by atoms with Crippen molar-refractivity contribution in [2.24, 2.45) is 5.73 Å². The highest BCUT2D eigenvalue weighted by Crippen LogP contribution is 2.37. The van der Waals surface area contributed by atoms with Crippen molar-refractivity contribution < 1.29 is 0 Å². The van der Waals surface area contributed by atoms with Crippen LogP contribution in [-0.4, -0.2) is 26.8 Å². The summed E-state index contributed by atoms with van der Waals surface area (Å²) >= 11 is 3.33. The van der Waals surface area contributed by atoms with Gasteiger partial charge in [-0.05, 0) is 46.5 Å². The molecule has 3 rings (SSSR count). The van der Waals surface area contributed by atoms with E-state index in [2.05, 4.69) is 33.9 Å². The number of thioether (sulfide) groups is 1. The number of benzene rings is 1. The molecule has 0 saturated heterocycles. The van der Waals surface area contributed by atoms with Gasteiger partial charge in [0, 0.05) is 11.4 Å². The summed E-state index contributed by atoms with van der Waals surface area (Å²) in [6, 6.07) is 12.0. The molecule has 0 aliphatic rings. The minimum atomic E-state index is 0.165. The quantitative estimate of drug-likeness (QED) is 0.733. The number of tetrazole rings is 1. The molecular weight excluding hydrogens is 302 g/mol. The van der Waals surface area contributed by atoms with E-state index in [1.165, 1.54) is 10.4 Å². The maximum atomic E-state index is 5.95. The van der Waals surface area contributed by atoms with E-state index in [1.54, 1.807) is 27.8 Å². The molecule has 0 saturated carbocycles. The maximum Gasteiger partial charge on any atom is 0.214 e. The molecular formula is C14H15N5S2. The third-order valence-corrected chi connectivity index (χ3v) is 5.56. The molecule has 1 aromatic carbocycles. The Balaban J connectivity index is 1.89. The van der Waals surface area contributed by atoms with E-state index in [4.69, 9.17) is 5.73 Å². The summed E-state index contributed by atoms with van der Waals surface area (Å²) in [6.45, 7) is 2.66. The fourth-order valence-electron chi connectivity index (χ4n) is 2.03. The average Bonchev–Trinajstić information content (AvgIpc) is 3.14. The third-order valence-electron chi connectivity index (χ3n) is 3.10. The molecule has 2 heterocycles. The molecule has 0 bridgehead atoms. The van der Waals surface area contributed by atoms with Gasteiger partial charge in [-0.2, -0.15) is 4.68 Å². The van der Waals surface area contributed by atoms with Crippen LogP contribution < -0.4 is 5.73 Å². The van der Waals surface area contributed by atoms with Crippen molar-refractivity contribution in [1.82, 2.24) is 20.2 Å². The zero-order chi connectivity index (χ0) is 14.7. The Labute approximate surface area is 131 Å². The fraction of sp³-hybridized carbons (Fsp3) is 0.214. The van der Waals surface area contributed by atoms with Gasteiger partial charge in [-0.15, -0.1) is 16.4 Å². The normalized spacial score (nSPS) is 12.5. The average molecular weight is 317 g/mol. The summed E-state index contributed by atoms with van der Waals surface area (Å²) in [7, 11) is 0. The van der Waals surface area contributed by atoms with E-state index in [1.807, 2.05) is 30.3 Å². The summed E-state index contributed by atoms with van der Waals surface area (Å²) in [5, 5.41) is 15.0. The molecule has 2 aromatic heterocycles. The van der Waals surface area contributed by atoms with Gasteiger partial charge in [0.25, 0.3) is 0 Å². The molecule has 0 fully saturated rings. The van der Waals surface area contributed by atoms with Gasteiger partial charge in [-0.1, -0.05) is 30.0 Å². The Morgan fingerprint density at radius 3 is 2.76 bits per heavy atom. The first-order valence-electron chi connectivity index (χ1n) is 6.54. The number of hydrogen-bond donors (Lipinski definition) is 1. The molecule has 0 amide bonds. The summed E-state index contributed by atoms with van der Waals surface area (Å²) in [5.74, 6) is 0. The molecule has 21 heavy (non-hydrogen) atoms. The Morgan fingerprint density at radius 2 is 2.10 bits per heavy atom. The molecule has 0 spiro atoms. The Kier molecular flexibility index (Phi) is 4.33. The highest BCUT2D eigenvalue weighted by atomic mass is 32.2. The van der Waals surface area contributed by atoms with Crippen molar-refractivity contribution in [3.63, 3.8) is 0 Å². The van der Waals surface area contributed by atoms with Crippen LogP contribution in [0.3, 0.4) is 0 Å². The number of rotatable bonds is 5. The Hall–Kier alpha value is -1.70. The number of thiophene rings is 1. The van der Waals surface area contributed by atoms with Crippen LogP contribution in [0.15, 0.2) is 46.9 Å². The first-order chi connectivity index (χ1) is 10.3. The lowest BCUT2D eigenvalue weighted by Crippen LogP contribution is -2.10. The molecule has 0 aliphatic carbocycles. The lowest BCUT2D eigenvalue weighted by atomic mass is 10.2. The second-order valence-electron chi connectivity index (χ2n) is 4.52. The lowest BCUT2D eigenvalue weighted by molar-refractivity contribution is 0.754. The fourth-order valence-corrected chi connectivity index (χ4v) is 4.23. The zero-order valence-corrected chi connectivity index (χ0v) is 13.1. The first kappa shape index (κ1) is 14.2. The lowest BCUT2D eigenvalue weighted by Gasteiger charge is -2.13. The maximum absolute atomic E-state index is 5.95. The zero-order valence-electron chi connectivity index (χ0n) is 11.5. The smallest absolute Gasteiger partial charge is 0.214 e. The van der Waals surface area contributed by atoms with Crippen molar-refractivity contribution >= 4 is 23.1 Å². The van der Waals surface area contributed by atoms with Gasteiger partial charge in [-0.25, -0.2) is 0 Å². The van der Waals surface area contributed by atoms with Crippen molar-refractivity contribution in [3.05, 3.63) is 52.2 Å². The molecule has 108 valence electrons. The van der Waals surface area contributed by atoms with Crippen LogP contribution in [0, 0.1) is 6.92 Å². The van der Waals surface area contributed by atoms with Crippen molar-refractivity contribution in [2.45, 2.75) is 17.3 Å². The topological polar surface area (TPSA) is 69.6 Å². The van der Waals surface area contributed by atoms with Gasteiger partial charge < -0.3 is 5.73 Å². The molecule has 0 radical (unpaired) electrons. The molecule has 1 atom stereocenters. The SMILES string of the molecule is Cc1ccsc1C(CN)Sc1nnnn1-c1ccccc1. The van der Waals surface area contributed by atoms with Gasteiger partial charge in [-0.3, -0.25) is 0 Å². The number of hydrogen-bond acceptors (Lipinski definition) is 6. The predicted molar refractivity (Wildman–Crippen MR) is 85.9 cm³/mol. The van der Waals surface area contributed by atoms with Gasteiger partial charge >= 0.3 is 0 Å². The Morgan fingerprint density at radius 1 is 1.29 bits per heavy atom. The van der Waals surface area contributed by atoms with Crippen LogP contribution in [-0.2, 0) is 0 Å². The van der Waals surface area contributed by atoms with Gasteiger partial charge in [0.15, 0.2) is 0 Å². The number of aryl methyl sites for hydroxylation is 1. The van der Waals surface area contributed by atoms with Gasteiger partial charge in [0.1, 0.15) is 0 Å². The van der Waals surface area contributed by atoms with Crippen LogP contribution in [0.2, 0.25) is 0 Å². The summed E-state index contributed by atoms with van der Waals surface area (Å²) in [5.41, 5.74) is 8.16. The highest BCUT2D eigenvalue weighted by molar-refractivity contribution is 7.99. The minimum absolute atomic E-state index is 0.165. The van der Waals surface area contributed by atoms with Crippen LogP contribution in [0.25, 0.3) is 5.69 Å². The van der Waals surface area contributed by atoms with E-state index in [0.29, 0.717) is 6.54 Å². The highest BCUT2D eigenvalue weighted by Gasteiger charge is 2.19. The summed E-state index contributed by atoms with van der Waals surface area (Å²) in [6.07, 6.45) is 0. The second-order valence-corrected chi connectivity index (χ2v) is 6.64. The second kappa shape index (κ2) is 6.38. The molecule has 1 unspecified atom stereocenters. The van der Waals surface area contributed by atoms with Crippen LogP contribution >= 0.6 is 23.1 Å². The molecule has 2 N–H and O–H groups in total. The Bertz CT molecular complexity index is 707. The predicted octanol–water partition coefficient (Wildman–Crippen LogP) is 2.82. The van der Waals surface area contributed by atoms with E-state index in [9.17, 15) is 0 Å². The first-order valence-corrected chi connectivity index (χ1v) is 8.30. The summed E-state index contributed by atoms with van der Waals surface area (Å²) < 4.78 is 1.75. The minimum Gasteiger partial charge on any atom is -0.329 e. The van der Waals surface area contributed by atoms with Crippen molar-refractivity contribution in [3.8, 4) is 5.69 Å². The number of nitrogens with two attached hydrogens (primary N) is 1. The molecule has 3 aromatic rings. The molecule has 5 nitrogen and oxygen atoms in total. The number of nitrogens with zero attached hydrogens (tertiary/aromatic N) is 4. The van der Waals surface area contributed by atoms with E-state index < -0.39 is 0 Å².